The van der Waals surface area contributed by atoms with Crippen molar-refractivity contribution in [2.24, 2.45) is 4.99 Å². The van der Waals surface area contributed by atoms with Crippen molar-refractivity contribution in [2.45, 2.75) is 13.8 Å². The first-order valence-corrected chi connectivity index (χ1v) is 8.09. The molecule has 1 heterocycles. The molecule has 0 radical (unpaired) electrons. The largest absolute Gasteiger partial charge is 0.494 e. The van der Waals surface area contributed by atoms with Crippen LogP contribution in [-0.2, 0) is 0 Å². The summed E-state index contributed by atoms with van der Waals surface area (Å²) in [6.07, 6.45) is 1.50. The zero-order chi connectivity index (χ0) is 18.0. The average molecular weight is 336 g/mol. The normalized spacial score (nSPS) is 11.5. The molecule has 0 aliphatic heterocycles. The number of aliphatic hydroxyl groups excluding tert-OH is 1. The number of aromatic hydroxyl groups is 1. The van der Waals surface area contributed by atoms with Gasteiger partial charge in [0, 0.05) is 17.0 Å². The zero-order valence-electron chi connectivity index (χ0n) is 14.2. The Labute approximate surface area is 145 Å². The third kappa shape index (κ3) is 3.06. The van der Waals surface area contributed by atoms with Crippen molar-refractivity contribution >= 4 is 17.0 Å². The van der Waals surface area contributed by atoms with E-state index in [4.69, 9.17) is 5.11 Å². The fraction of sp³-hybridized carbons (Fsp3) is 0.200. The quantitative estimate of drug-likeness (QED) is 0.719. The van der Waals surface area contributed by atoms with Gasteiger partial charge in [0.2, 0.25) is 5.88 Å². The highest BCUT2D eigenvalue weighted by atomic mass is 16.3. The minimum Gasteiger partial charge on any atom is -0.494 e. The maximum Gasteiger partial charge on any atom is 0.265 e. The van der Waals surface area contributed by atoms with Gasteiger partial charge in [0.1, 0.15) is 0 Å². The van der Waals surface area contributed by atoms with E-state index >= 15 is 0 Å². The molecule has 0 spiro atoms. The minimum atomic E-state index is -0.282. The number of benzene rings is 2. The van der Waals surface area contributed by atoms with Crippen LogP contribution in [0.2, 0.25) is 0 Å². The Morgan fingerprint density at radius 1 is 1.08 bits per heavy atom. The van der Waals surface area contributed by atoms with Gasteiger partial charge < -0.3 is 10.2 Å². The van der Waals surface area contributed by atoms with Gasteiger partial charge in [-0.2, -0.15) is 0 Å². The van der Waals surface area contributed by atoms with Crippen molar-refractivity contribution in [3.8, 4) is 11.6 Å². The highest BCUT2D eigenvalue weighted by molar-refractivity contribution is 6.01. The van der Waals surface area contributed by atoms with Gasteiger partial charge in [-0.05, 0) is 43.2 Å². The van der Waals surface area contributed by atoms with Crippen molar-refractivity contribution in [2.75, 3.05) is 13.2 Å². The Morgan fingerprint density at radius 3 is 2.48 bits per heavy atom. The smallest absolute Gasteiger partial charge is 0.265 e. The maximum atomic E-state index is 12.9. The molecule has 0 amide bonds. The van der Waals surface area contributed by atoms with Gasteiger partial charge in [-0.15, -0.1) is 0 Å². The number of fused-ring (bicyclic) bond motifs is 1. The van der Waals surface area contributed by atoms with Gasteiger partial charge in [-0.3, -0.25) is 9.79 Å². The maximum absolute atomic E-state index is 12.9. The first-order valence-electron chi connectivity index (χ1n) is 8.09. The van der Waals surface area contributed by atoms with Crippen LogP contribution in [0.4, 0.5) is 0 Å². The Kier molecular flexibility index (Phi) is 4.67. The number of pyridine rings is 1. The summed E-state index contributed by atoms with van der Waals surface area (Å²) in [5, 5.41) is 20.9. The molecule has 0 saturated carbocycles. The molecule has 5 nitrogen and oxygen atoms in total. The molecule has 25 heavy (non-hydrogen) atoms. The van der Waals surface area contributed by atoms with Crippen LogP contribution in [0, 0.1) is 13.8 Å². The number of nitrogens with zero attached hydrogens (tertiary/aromatic N) is 2. The van der Waals surface area contributed by atoms with Crippen LogP contribution in [0.1, 0.15) is 16.7 Å². The summed E-state index contributed by atoms with van der Waals surface area (Å²) in [7, 11) is 0. The highest BCUT2D eigenvalue weighted by Crippen LogP contribution is 2.26. The second kappa shape index (κ2) is 6.91. The molecule has 0 fully saturated rings. The molecule has 5 heteroatoms. The number of aliphatic imine (C=N–C) groups is 1. The minimum absolute atomic E-state index is 0.0774. The monoisotopic (exact) mass is 336 g/mol. The third-order valence-electron chi connectivity index (χ3n) is 4.30. The topological polar surface area (TPSA) is 74.8 Å². The van der Waals surface area contributed by atoms with Crippen LogP contribution in [0.3, 0.4) is 0 Å². The Morgan fingerprint density at radius 2 is 1.80 bits per heavy atom. The summed E-state index contributed by atoms with van der Waals surface area (Å²) in [5.41, 5.74) is 2.93. The lowest BCUT2D eigenvalue weighted by Gasteiger charge is -2.14. The molecule has 0 unspecified atom stereocenters. The SMILES string of the molecule is Cc1ccc(-n2c(O)c(C=NCCO)c3ccccc3c2=O)cc1C. The van der Waals surface area contributed by atoms with E-state index in [1.165, 1.54) is 10.8 Å². The molecule has 2 N–H and O–H groups in total. The molecular weight excluding hydrogens is 316 g/mol. The lowest BCUT2D eigenvalue weighted by Crippen LogP contribution is -2.20. The van der Waals surface area contributed by atoms with Gasteiger partial charge in [0.25, 0.3) is 5.56 Å². The molecule has 0 saturated heterocycles. The first kappa shape index (κ1) is 16.9. The van der Waals surface area contributed by atoms with E-state index in [9.17, 15) is 9.90 Å². The van der Waals surface area contributed by atoms with Crippen molar-refractivity contribution < 1.29 is 10.2 Å². The Hall–Kier alpha value is -2.92. The number of aliphatic hydroxyl groups is 1. The number of aromatic nitrogens is 1. The van der Waals surface area contributed by atoms with Gasteiger partial charge in [-0.1, -0.05) is 24.3 Å². The third-order valence-corrected chi connectivity index (χ3v) is 4.30. The summed E-state index contributed by atoms with van der Waals surface area (Å²) >= 11 is 0. The lowest BCUT2D eigenvalue weighted by atomic mass is 10.1. The van der Waals surface area contributed by atoms with E-state index in [0.29, 0.717) is 22.0 Å². The van der Waals surface area contributed by atoms with Crippen LogP contribution in [0.15, 0.2) is 52.3 Å². The molecule has 0 bridgehead atoms. The van der Waals surface area contributed by atoms with Gasteiger partial charge in [0.15, 0.2) is 0 Å². The van der Waals surface area contributed by atoms with Crippen molar-refractivity contribution in [3.05, 3.63) is 69.5 Å². The van der Waals surface area contributed by atoms with E-state index in [1.807, 2.05) is 38.1 Å². The van der Waals surface area contributed by atoms with E-state index in [-0.39, 0.29) is 24.6 Å². The summed E-state index contributed by atoms with van der Waals surface area (Å²) < 4.78 is 1.30. The summed E-state index contributed by atoms with van der Waals surface area (Å²) in [6.45, 7) is 4.11. The predicted molar refractivity (Wildman–Crippen MR) is 100 cm³/mol. The van der Waals surface area contributed by atoms with Gasteiger partial charge >= 0.3 is 0 Å². The van der Waals surface area contributed by atoms with Crippen molar-refractivity contribution in [1.82, 2.24) is 4.57 Å². The van der Waals surface area contributed by atoms with E-state index in [2.05, 4.69) is 4.99 Å². The molecule has 3 aromatic rings. The Bertz CT molecular complexity index is 1020. The molecule has 128 valence electrons. The van der Waals surface area contributed by atoms with Crippen LogP contribution in [0.25, 0.3) is 16.5 Å². The number of hydrogen-bond acceptors (Lipinski definition) is 4. The lowest BCUT2D eigenvalue weighted by molar-refractivity contribution is 0.307. The summed E-state index contributed by atoms with van der Waals surface area (Å²) in [6, 6.07) is 12.7. The molecule has 0 aliphatic rings. The molecule has 0 atom stereocenters. The van der Waals surface area contributed by atoms with E-state index in [1.54, 1.807) is 18.2 Å². The fourth-order valence-electron chi connectivity index (χ4n) is 2.81. The van der Waals surface area contributed by atoms with Crippen molar-refractivity contribution in [1.29, 1.82) is 0 Å². The Balaban J connectivity index is 2.35. The second-order valence-electron chi connectivity index (χ2n) is 5.95. The first-order chi connectivity index (χ1) is 12.0. The van der Waals surface area contributed by atoms with Crippen LogP contribution in [-0.4, -0.2) is 34.1 Å². The van der Waals surface area contributed by atoms with E-state index < -0.39 is 0 Å². The molecule has 1 aromatic heterocycles. The summed E-state index contributed by atoms with van der Waals surface area (Å²) in [5.74, 6) is -0.159. The van der Waals surface area contributed by atoms with Crippen LogP contribution in [0.5, 0.6) is 5.88 Å². The predicted octanol–water partition coefficient (Wildman–Crippen LogP) is 2.72. The highest BCUT2D eigenvalue weighted by Gasteiger charge is 2.16. The van der Waals surface area contributed by atoms with Crippen LogP contribution < -0.4 is 5.56 Å². The number of rotatable bonds is 4. The van der Waals surface area contributed by atoms with Crippen LogP contribution >= 0.6 is 0 Å². The standard InChI is InChI=1S/C20H20N2O3/c1-13-7-8-15(11-14(13)2)22-19(24)17-6-4-3-5-16(17)18(20(22)25)12-21-9-10-23/h3-8,11-12,23,25H,9-10H2,1-2H3. The number of hydrogen-bond donors (Lipinski definition) is 2. The average Bonchev–Trinajstić information content (AvgIpc) is 2.61. The number of aryl methyl sites for hydroxylation is 2. The molecular formula is C20H20N2O3. The summed E-state index contributed by atoms with van der Waals surface area (Å²) in [4.78, 5) is 17.1. The van der Waals surface area contributed by atoms with Crippen molar-refractivity contribution in [3.63, 3.8) is 0 Å². The van der Waals surface area contributed by atoms with E-state index in [0.717, 1.165) is 11.1 Å². The second-order valence-corrected chi connectivity index (χ2v) is 5.95. The zero-order valence-corrected chi connectivity index (χ0v) is 14.2. The van der Waals surface area contributed by atoms with Gasteiger partial charge in [-0.25, -0.2) is 4.57 Å². The molecule has 3 rings (SSSR count). The fourth-order valence-corrected chi connectivity index (χ4v) is 2.81. The molecule has 2 aromatic carbocycles. The van der Waals surface area contributed by atoms with Gasteiger partial charge in [0.05, 0.1) is 24.4 Å². The molecule has 0 aliphatic carbocycles.